The van der Waals surface area contributed by atoms with Crippen LogP contribution in [0.3, 0.4) is 0 Å². The maximum absolute atomic E-state index is 13.5. The number of rotatable bonds is 5. The summed E-state index contributed by atoms with van der Waals surface area (Å²) in [6.45, 7) is 4.63. The van der Waals surface area contributed by atoms with Gasteiger partial charge in [0.1, 0.15) is 0 Å². The van der Waals surface area contributed by atoms with Crippen molar-refractivity contribution in [3.63, 3.8) is 0 Å². The molecule has 2 aliphatic heterocycles. The van der Waals surface area contributed by atoms with Gasteiger partial charge in [-0.1, -0.05) is 54.6 Å². The van der Waals surface area contributed by atoms with Gasteiger partial charge in [-0.15, -0.1) is 0 Å². The molecule has 0 spiro atoms. The largest absolute Gasteiger partial charge is 0.342 e. The minimum Gasteiger partial charge on any atom is -0.342 e. The minimum atomic E-state index is -2.81. The number of alkyl halides is 2. The molecule has 0 bridgehead atoms. The topological polar surface area (TPSA) is 23.6 Å². The van der Waals surface area contributed by atoms with Crippen LogP contribution in [0.15, 0.2) is 54.6 Å². The van der Waals surface area contributed by atoms with Gasteiger partial charge in [0.05, 0.1) is 0 Å². The highest BCUT2D eigenvalue weighted by atomic mass is 19.3. The van der Waals surface area contributed by atoms with E-state index in [-0.39, 0.29) is 17.4 Å². The van der Waals surface area contributed by atoms with Gasteiger partial charge in [-0.05, 0) is 61.0 Å². The van der Waals surface area contributed by atoms with Crippen LogP contribution in [0, 0.1) is 17.8 Å². The van der Waals surface area contributed by atoms with E-state index in [1.807, 2.05) is 17.0 Å². The molecule has 2 aromatic carbocycles. The first-order chi connectivity index (χ1) is 16.9. The number of carbonyl (C=O) groups excluding carboxylic acids is 1. The Balaban J connectivity index is 0.981. The number of amides is 1. The summed E-state index contributed by atoms with van der Waals surface area (Å²) in [6, 6.07) is 18.3. The summed E-state index contributed by atoms with van der Waals surface area (Å²) in [5, 5.41) is 0. The van der Waals surface area contributed by atoms with Gasteiger partial charge < -0.3 is 4.90 Å². The fourth-order valence-corrected chi connectivity index (χ4v) is 7.21. The molecule has 4 fully saturated rings. The summed E-state index contributed by atoms with van der Waals surface area (Å²) in [4.78, 5) is 18.0. The Hall–Kier alpha value is -2.27. The summed E-state index contributed by atoms with van der Waals surface area (Å²) in [5.74, 6) is -0.211. The van der Waals surface area contributed by atoms with Crippen molar-refractivity contribution in [2.24, 2.45) is 17.8 Å². The zero-order valence-corrected chi connectivity index (χ0v) is 20.6. The Kier molecular flexibility index (Phi) is 5.95. The molecule has 2 heterocycles. The number of halogens is 2. The van der Waals surface area contributed by atoms with E-state index in [2.05, 4.69) is 35.2 Å². The van der Waals surface area contributed by atoms with Crippen LogP contribution in [-0.4, -0.2) is 47.9 Å². The van der Waals surface area contributed by atoms with Gasteiger partial charge in [-0.25, -0.2) is 8.78 Å². The quantitative estimate of drug-likeness (QED) is 0.525. The van der Waals surface area contributed by atoms with Crippen LogP contribution < -0.4 is 0 Å². The van der Waals surface area contributed by atoms with Crippen molar-refractivity contribution in [2.45, 2.75) is 62.8 Å². The maximum atomic E-state index is 13.5. The van der Waals surface area contributed by atoms with Gasteiger partial charge in [0.2, 0.25) is 5.91 Å². The van der Waals surface area contributed by atoms with Crippen molar-refractivity contribution < 1.29 is 13.6 Å². The van der Waals surface area contributed by atoms with Crippen LogP contribution in [0.4, 0.5) is 8.78 Å². The molecule has 186 valence electrons. The van der Waals surface area contributed by atoms with Crippen molar-refractivity contribution in [1.29, 1.82) is 0 Å². The molecule has 35 heavy (non-hydrogen) atoms. The smallest absolute Gasteiger partial charge is 0.270 e. The number of hydrogen-bond acceptors (Lipinski definition) is 2. The van der Waals surface area contributed by atoms with Crippen LogP contribution in [0.5, 0.6) is 0 Å². The monoisotopic (exact) mass is 478 g/mol. The molecule has 2 aliphatic carbocycles. The molecule has 6 rings (SSSR count). The van der Waals surface area contributed by atoms with Crippen LogP contribution in [0.2, 0.25) is 0 Å². The zero-order chi connectivity index (χ0) is 24.2. The molecule has 4 aliphatic rings. The Morgan fingerprint density at radius 3 is 2.06 bits per heavy atom. The van der Waals surface area contributed by atoms with Gasteiger partial charge in [-0.3, -0.25) is 9.69 Å². The normalized spacial score (nSPS) is 33.1. The molecule has 2 aromatic rings. The summed E-state index contributed by atoms with van der Waals surface area (Å²) < 4.78 is 27.0. The first-order valence-electron chi connectivity index (χ1n) is 13.4. The van der Waals surface area contributed by atoms with Crippen LogP contribution in [-0.2, 0) is 10.7 Å². The number of nitrogens with zero attached hydrogens (tertiary/aromatic N) is 2. The van der Waals surface area contributed by atoms with E-state index < -0.39 is 5.92 Å². The molecule has 0 aromatic heterocycles. The Morgan fingerprint density at radius 1 is 0.800 bits per heavy atom. The van der Waals surface area contributed by atoms with E-state index in [0.29, 0.717) is 29.7 Å². The molecule has 0 radical (unpaired) electrons. The maximum Gasteiger partial charge on any atom is 0.270 e. The fourth-order valence-electron chi connectivity index (χ4n) is 7.21. The summed E-state index contributed by atoms with van der Waals surface area (Å²) in [5.41, 5.74) is 2.61. The predicted octanol–water partition coefficient (Wildman–Crippen LogP) is 6.02. The van der Waals surface area contributed by atoms with E-state index in [1.165, 1.54) is 43.4 Å². The predicted molar refractivity (Wildman–Crippen MR) is 133 cm³/mol. The van der Waals surface area contributed by atoms with Crippen LogP contribution in [0.1, 0.15) is 67.6 Å². The van der Waals surface area contributed by atoms with Gasteiger partial charge in [0, 0.05) is 56.5 Å². The first-order valence-corrected chi connectivity index (χ1v) is 13.4. The van der Waals surface area contributed by atoms with Crippen LogP contribution >= 0.6 is 0 Å². The zero-order valence-electron chi connectivity index (χ0n) is 20.6. The second-order valence-corrected chi connectivity index (χ2v) is 11.5. The number of piperidine rings is 1. The van der Waals surface area contributed by atoms with Crippen molar-refractivity contribution in [2.75, 3.05) is 26.2 Å². The van der Waals surface area contributed by atoms with Gasteiger partial charge in [0.15, 0.2) is 0 Å². The summed E-state index contributed by atoms with van der Waals surface area (Å²) >= 11 is 0. The average molecular weight is 479 g/mol. The van der Waals surface area contributed by atoms with E-state index in [4.69, 9.17) is 0 Å². The number of carbonyl (C=O) groups is 1. The Labute approximate surface area is 207 Å². The number of benzene rings is 2. The standard InChI is InChI=1S/C30H36F2N2O/c1-30(31,32)24-11-7-22(8-12-24)23-15-16-33(17-23)29(35)28-26-18-34(19-27(26)28)25-13-9-21(10-14-25)20-5-3-2-4-6-20/h2-8,11-12,21,23,25-28H,9-10,13-19H2,1H3/t21?,23?,25?,26-,27+,28?. The fraction of sp³-hybridized carbons (Fsp3) is 0.567. The highest BCUT2D eigenvalue weighted by molar-refractivity contribution is 5.83. The molecule has 2 saturated heterocycles. The van der Waals surface area contributed by atoms with Gasteiger partial charge >= 0.3 is 0 Å². The lowest BCUT2D eigenvalue weighted by molar-refractivity contribution is -0.132. The number of likely N-dealkylation sites (tertiary alicyclic amines) is 2. The number of fused-ring (bicyclic) bond motifs is 1. The second-order valence-electron chi connectivity index (χ2n) is 11.5. The third-order valence-electron chi connectivity index (χ3n) is 9.38. The highest BCUT2D eigenvalue weighted by Gasteiger charge is 2.61. The lowest BCUT2D eigenvalue weighted by Crippen LogP contribution is -2.40. The Morgan fingerprint density at radius 2 is 1.43 bits per heavy atom. The first kappa shape index (κ1) is 23.1. The molecule has 2 unspecified atom stereocenters. The molecule has 4 atom stereocenters. The average Bonchev–Trinajstić information content (AvgIpc) is 3.21. The molecule has 1 amide bonds. The van der Waals surface area contributed by atoms with Gasteiger partial charge in [-0.2, -0.15) is 0 Å². The lowest BCUT2D eigenvalue weighted by atomic mass is 9.81. The SMILES string of the molecule is CC(F)(F)c1ccc(C2CCN(C(=O)C3[C@H]4CN(C5CCC(c6ccccc6)CC5)C[C@@H]34)C2)cc1. The third kappa shape index (κ3) is 4.52. The van der Waals surface area contributed by atoms with E-state index in [0.717, 1.165) is 45.1 Å². The highest BCUT2D eigenvalue weighted by Crippen LogP contribution is 2.54. The van der Waals surface area contributed by atoms with Crippen molar-refractivity contribution in [1.82, 2.24) is 9.80 Å². The second kappa shape index (κ2) is 8.99. The molecule has 0 N–H and O–H groups in total. The van der Waals surface area contributed by atoms with Crippen molar-refractivity contribution in [3.05, 3.63) is 71.3 Å². The number of hydrogen-bond donors (Lipinski definition) is 0. The van der Waals surface area contributed by atoms with Crippen molar-refractivity contribution >= 4 is 5.91 Å². The van der Waals surface area contributed by atoms with Crippen LogP contribution in [0.25, 0.3) is 0 Å². The molecular weight excluding hydrogens is 442 g/mol. The Bertz CT molecular complexity index is 1030. The lowest BCUT2D eigenvalue weighted by Gasteiger charge is -2.36. The molecular formula is C30H36F2N2O. The van der Waals surface area contributed by atoms with E-state index >= 15 is 0 Å². The third-order valence-corrected chi connectivity index (χ3v) is 9.38. The van der Waals surface area contributed by atoms with E-state index in [9.17, 15) is 13.6 Å². The summed E-state index contributed by atoms with van der Waals surface area (Å²) in [6.07, 6.45) is 6.01. The molecule has 2 saturated carbocycles. The molecule has 3 nitrogen and oxygen atoms in total. The molecule has 5 heteroatoms. The van der Waals surface area contributed by atoms with Gasteiger partial charge in [0.25, 0.3) is 5.92 Å². The van der Waals surface area contributed by atoms with E-state index in [1.54, 1.807) is 0 Å². The summed E-state index contributed by atoms with van der Waals surface area (Å²) in [7, 11) is 0. The minimum absolute atomic E-state index is 0.0519. The van der Waals surface area contributed by atoms with Crippen molar-refractivity contribution in [3.8, 4) is 0 Å².